The van der Waals surface area contributed by atoms with Crippen LogP contribution in [0.2, 0.25) is 0 Å². The van der Waals surface area contributed by atoms with Gasteiger partial charge in [0.2, 0.25) is 0 Å². The molecule has 108 valence electrons. The fourth-order valence-corrected chi connectivity index (χ4v) is 3.48. The molecule has 0 fully saturated rings. The van der Waals surface area contributed by atoms with Crippen molar-refractivity contribution in [2.45, 2.75) is 12.8 Å². The lowest BCUT2D eigenvalue weighted by molar-refractivity contribution is -0.132. The van der Waals surface area contributed by atoms with Crippen LogP contribution < -0.4 is 0 Å². The first kappa shape index (κ1) is 12.8. The molecule has 0 saturated carbocycles. The van der Waals surface area contributed by atoms with E-state index in [1.165, 1.54) is 11.1 Å². The van der Waals surface area contributed by atoms with Crippen molar-refractivity contribution in [3.8, 4) is 0 Å². The highest BCUT2D eigenvalue weighted by molar-refractivity contribution is 6.43. The topological polar surface area (TPSA) is 74.6 Å². The van der Waals surface area contributed by atoms with Crippen molar-refractivity contribution in [2.24, 2.45) is 0 Å². The molecule has 4 heteroatoms. The molecular weight excluding hydrogens is 280 g/mol. The van der Waals surface area contributed by atoms with Gasteiger partial charge in [0, 0.05) is 5.56 Å². The van der Waals surface area contributed by atoms with Crippen molar-refractivity contribution in [3.63, 3.8) is 0 Å². The average molecular weight is 292 g/mol. The maximum absolute atomic E-state index is 11.5. The maximum Gasteiger partial charge on any atom is 0.337 e. The smallest absolute Gasteiger partial charge is 0.337 e. The van der Waals surface area contributed by atoms with Gasteiger partial charge in [0.1, 0.15) is 0 Å². The Kier molecular flexibility index (Phi) is 2.51. The van der Waals surface area contributed by atoms with Gasteiger partial charge in [0.25, 0.3) is 0 Å². The van der Waals surface area contributed by atoms with Gasteiger partial charge in [0.05, 0.1) is 11.1 Å². The summed E-state index contributed by atoms with van der Waals surface area (Å²) in [6.07, 6.45) is 1.41. The number of aliphatic carboxylic acids is 2. The van der Waals surface area contributed by atoms with Crippen molar-refractivity contribution in [1.82, 2.24) is 0 Å². The fourth-order valence-electron chi connectivity index (χ4n) is 3.48. The van der Waals surface area contributed by atoms with Crippen LogP contribution >= 0.6 is 0 Å². The molecule has 0 heterocycles. The summed E-state index contributed by atoms with van der Waals surface area (Å²) in [4.78, 5) is 22.8. The van der Waals surface area contributed by atoms with E-state index in [1.54, 1.807) is 6.07 Å². The molecule has 0 amide bonds. The van der Waals surface area contributed by atoms with Crippen LogP contribution in [0.4, 0.5) is 0 Å². The third-order valence-corrected chi connectivity index (χ3v) is 4.47. The first-order valence-electron chi connectivity index (χ1n) is 7.01. The summed E-state index contributed by atoms with van der Waals surface area (Å²) < 4.78 is 0. The molecule has 2 aliphatic carbocycles. The summed E-state index contributed by atoms with van der Waals surface area (Å²) in [5.41, 5.74) is 5.48. The molecule has 0 bridgehead atoms. The third kappa shape index (κ3) is 1.58. The SMILES string of the molecule is O=C(O)C1=C(C(=O)O)c2c1ccc1c2Cc2ccccc2C1. The Morgan fingerprint density at radius 1 is 0.773 bits per heavy atom. The molecule has 0 aliphatic heterocycles. The molecule has 0 saturated heterocycles. The summed E-state index contributed by atoms with van der Waals surface area (Å²) >= 11 is 0. The van der Waals surface area contributed by atoms with Crippen molar-refractivity contribution in [1.29, 1.82) is 0 Å². The number of carboxylic acid groups (broad SMARTS) is 2. The zero-order valence-electron chi connectivity index (χ0n) is 11.6. The predicted molar refractivity (Wildman–Crippen MR) is 80.6 cm³/mol. The molecule has 0 atom stereocenters. The van der Waals surface area contributed by atoms with Crippen molar-refractivity contribution in [3.05, 3.63) is 69.8 Å². The van der Waals surface area contributed by atoms with Gasteiger partial charge in [-0.2, -0.15) is 0 Å². The van der Waals surface area contributed by atoms with Gasteiger partial charge in [-0.15, -0.1) is 0 Å². The summed E-state index contributed by atoms with van der Waals surface area (Å²) in [5, 5.41) is 18.6. The fraction of sp³-hybridized carbons (Fsp3) is 0.111. The maximum atomic E-state index is 11.5. The van der Waals surface area contributed by atoms with E-state index in [0.717, 1.165) is 17.5 Å². The molecule has 2 N–H and O–H groups in total. The van der Waals surface area contributed by atoms with Gasteiger partial charge in [0.15, 0.2) is 0 Å². The van der Waals surface area contributed by atoms with E-state index in [1.807, 2.05) is 24.3 Å². The zero-order chi connectivity index (χ0) is 15.4. The van der Waals surface area contributed by atoms with Crippen molar-refractivity contribution < 1.29 is 19.8 Å². The molecule has 0 spiro atoms. The molecule has 2 aliphatic rings. The Bertz CT molecular complexity index is 890. The Morgan fingerprint density at radius 3 is 2.05 bits per heavy atom. The molecule has 0 aromatic heterocycles. The number of hydrogen-bond acceptors (Lipinski definition) is 2. The number of carbonyl (C=O) groups is 2. The lowest BCUT2D eigenvalue weighted by atomic mass is 9.72. The second kappa shape index (κ2) is 4.31. The van der Waals surface area contributed by atoms with Crippen LogP contribution in [-0.4, -0.2) is 22.2 Å². The Hall–Kier alpha value is -2.88. The number of hydrogen-bond donors (Lipinski definition) is 2. The molecule has 22 heavy (non-hydrogen) atoms. The van der Waals surface area contributed by atoms with Gasteiger partial charge in [-0.05, 0) is 40.7 Å². The van der Waals surface area contributed by atoms with Crippen LogP contribution in [0.15, 0.2) is 36.4 Å². The summed E-state index contributed by atoms with van der Waals surface area (Å²) in [7, 11) is 0. The van der Waals surface area contributed by atoms with Crippen LogP contribution in [0.25, 0.3) is 11.1 Å². The molecule has 0 unspecified atom stereocenters. The lowest BCUT2D eigenvalue weighted by Gasteiger charge is -2.30. The number of rotatable bonds is 2. The van der Waals surface area contributed by atoms with Crippen LogP contribution in [0.1, 0.15) is 33.4 Å². The Labute approximate surface area is 126 Å². The molecule has 0 radical (unpaired) electrons. The van der Waals surface area contributed by atoms with Crippen molar-refractivity contribution >= 4 is 23.1 Å². The molecule has 4 rings (SSSR count). The van der Waals surface area contributed by atoms with E-state index in [0.29, 0.717) is 17.5 Å². The lowest BCUT2D eigenvalue weighted by Crippen LogP contribution is -2.23. The van der Waals surface area contributed by atoms with Gasteiger partial charge in [-0.3, -0.25) is 0 Å². The van der Waals surface area contributed by atoms with Gasteiger partial charge >= 0.3 is 11.9 Å². The quantitative estimate of drug-likeness (QED) is 0.761. The van der Waals surface area contributed by atoms with Gasteiger partial charge < -0.3 is 10.2 Å². The minimum absolute atomic E-state index is 0.0567. The Morgan fingerprint density at radius 2 is 1.41 bits per heavy atom. The second-order valence-corrected chi connectivity index (χ2v) is 5.61. The normalized spacial score (nSPS) is 14.5. The highest BCUT2D eigenvalue weighted by Crippen LogP contribution is 2.46. The highest BCUT2D eigenvalue weighted by Gasteiger charge is 2.38. The molecule has 2 aromatic carbocycles. The van der Waals surface area contributed by atoms with E-state index < -0.39 is 11.9 Å². The summed E-state index contributed by atoms with van der Waals surface area (Å²) in [5.74, 6) is -2.35. The standard InChI is InChI=1S/C18H12O4/c19-17(20)15-12-6-5-11-7-9-3-1-2-4-10(9)8-13(11)14(12)16(15)18(21)22/h1-6H,7-8H2,(H,19,20)(H,21,22). The summed E-state index contributed by atoms with van der Waals surface area (Å²) in [6, 6.07) is 11.7. The minimum Gasteiger partial charge on any atom is -0.478 e. The summed E-state index contributed by atoms with van der Waals surface area (Å²) in [6.45, 7) is 0. The van der Waals surface area contributed by atoms with Crippen LogP contribution in [0.5, 0.6) is 0 Å². The zero-order valence-corrected chi connectivity index (χ0v) is 11.6. The van der Waals surface area contributed by atoms with Gasteiger partial charge in [-0.1, -0.05) is 36.4 Å². The third-order valence-electron chi connectivity index (χ3n) is 4.47. The molecule has 2 aromatic rings. The second-order valence-electron chi connectivity index (χ2n) is 5.61. The first-order chi connectivity index (χ1) is 10.6. The number of carboxylic acids is 2. The molecular formula is C18H12O4. The van der Waals surface area contributed by atoms with Crippen LogP contribution in [-0.2, 0) is 22.4 Å². The van der Waals surface area contributed by atoms with Crippen molar-refractivity contribution in [2.75, 3.05) is 0 Å². The van der Waals surface area contributed by atoms with Crippen LogP contribution in [0, 0.1) is 0 Å². The monoisotopic (exact) mass is 292 g/mol. The largest absolute Gasteiger partial charge is 0.478 e. The van der Waals surface area contributed by atoms with E-state index in [9.17, 15) is 19.8 Å². The average Bonchev–Trinajstić information content (AvgIpc) is 2.44. The Balaban J connectivity index is 1.90. The van der Waals surface area contributed by atoms with E-state index in [4.69, 9.17) is 0 Å². The number of fused-ring (bicyclic) bond motifs is 4. The van der Waals surface area contributed by atoms with Gasteiger partial charge in [-0.25, -0.2) is 9.59 Å². The highest BCUT2D eigenvalue weighted by atomic mass is 16.4. The van der Waals surface area contributed by atoms with E-state index in [-0.39, 0.29) is 11.1 Å². The number of benzene rings is 2. The first-order valence-corrected chi connectivity index (χ1v) is 7.01. The van der Waals surface area contributed by atoms with E-state index in [2.05, 4.69) is 6.07 Å². The molecule has 4 nitrogen and oxygen atoms in total. The minimum atomic E-state index is -1.18. The predicted octanol–water partition coefficient (Wildman–Crippen LogP) is 2.58. The van der Waals surface area contributed by atoms with Crippen LogP contribution in [0.3, 0.4) is 0 Å². The van der Waals surface area contributed by atoms with E-state index >= 15 is 0 Å².